The van der Waals surface area contributed by atoms with E-state index in [-0.39, 0.29) is 12.1 Å². The maximum atomic E-state index is 11.5. The second-order valence-electron chi connectivity index (χ2n) is 4.79. The van der Waals surface area contributed by atoms with Crippen LogP contribution in [0.2, 0.25) is 0 Å². The molecule has 5 nitrogen and oxygen atoms in total. The van der Waals surface area contributed by atoms with Crippen LogP contribution < -0.4 is 5.32 Å². The highest BCUT2D eigenvalue weighted by atomic mass is 16.6. The van der Waals surface area contributed by atoms with E-state index in [1.54, 1.807) is 13.8 Å². The lowest BCUT2D eigenvalue weighted by atomic mass is 9.95. The van der Waals surface area contributed by atoms with Gasteiger partial charge >= 0.3 is 12.1 Å². The molecule has 0 bridgehead atoms. The van der Waals surface area contributed by atoms with Gasteiger partial charge in [0.25, 0.3) is 0 Å². The van der Waals surface area contributed by atoms with Crippen LogP contribution in [0.4, 0.5) is 4.79 Å². The van der Waals surface area contributed by atoms with Gasteiger partial charge < -0.3 is 15.2 Å². The molecule has 0 heterocycles. The van der Waals surface area contributed by atoms with Gasteiger partial charge in [0, 0.05) is 6.04 Å². The van der Waals surface area contributed by atoms with Gasteiger partial charge in [-0.1, -0.05) is 19.3 Å². The quantitative estimate of drug-likeness (QED) is 0.745. The van der Waals surface area contributed by atoms with Crippen molar-refractivity contribution in [3.8, 4) is 0 Å². The average Bonchev–Trinajstić information content (AvgIpc) is 2.41. The van der Waals surface area contributed by atoms with E-state index < -0.39 is 18.0 Å². The summed E-state index contributed by atoms with van der Waals surface area (Å²) in [6, 6.07) is -0.304. The molecule has 1 aliphatic rings. The van der Waals surface area contributed by atoms with Crippen molar-refractivity contribution in [1.29, 1.82) is 0 Å². The van der Waals surface area contributed by atoms with Crippen LogP contribution >= 0.6 is 0 Å². The average molecular weight is 243 g/mol. The number of alkyl carbamates (subject to hydrolysis) is 1. The van der Waals surface area contributed by atoms with Gasteiger partial charge in [0.2, 0.25) is 0 Å². The molecule has 17 heavy (non-hydrogen) atoms. The minimum absolute atomic E-state index is 0.191. The monoisotopic (exact) mass is 243 g/mol. The fourth-order valence-electron chi connectivity index (χ4n) is 2.18. The number of carbonyl (C=O) groups is 2. The second-order valence-corrected chi connectivity index (χ2v) is 4.79. The first-order chi connectivity index (χ1) is 8.00. The molecule has 5 heteroatoms. The van der Waals surface area contributed by atoms with E-state index in [4.69, 9.17) is 9.84 Å². The van der Waals surface area contributed by atoms with E-state index >= 15 is 0 Å². The van der Waals surface area contributed by atoms with Gasteiger partial charge in [-0.05, 0) is 26.7 Å². The molecule has 0 aromatic heterocycles. The number of ether oxygens (including phenoxy) is 1. The van der Waals surface area contributed by atoms with Crippen molar-refractivity contribution in [2.24, 2.45) is 5.92 Å². The molecule has 2 unspecified atom stereocenters. The van der Waals surface area contributed by atoms with Gasteiger partial charge in [-0.25, -0.2) is 4.79 Å². The summed E-state index contributed by atoms with van der Waals surface area (Å²) in [6.07, 6.45) is 3.53. The molecule has 0 saturated heterocycles. The van der Waals surface area contributed by atoms with Crippen molar-refractivity contribution >= 4 is 12.1 Å². The summed E-state index contributed by atoms with van der Waals surface area (Å²) in [5, 5.41) is 11.8. The Hall–Kier alpha value is -1.26. The van der Waals surface area contributed by atoms with Crippen LogP contribution in [0.5, 0.6) is 0 Å². The summed E-state index contributed by atoms with van der Waals surface area (Å²) in [5.74, 6) is -1.32. The van der Waals surface area contributed by atoms with Crippen molar-refractivity contribution in [1.82, 2.24) is 5.32 Å². The summed E-state index contributed by atoms with van der Waals surface area (Å²) >= 11 is 0. The summed E-state index contributed by atoms with van der Waals surface area (Å²) in [7, 11) is 0. The number of carbonyl (C=O) groups excluding carboxylic acids is 1. The van der Waals surface area contributed by atoms with Gasteiger partial charge in [0.15, 0.2) is 0 Å². The molecular formula is C12H21NO4. The summed E-state index contributed by atoms with van der Waals surface area (Å²) in [6.45, 7) is 3.53. The van der Waals surface area contributed by atoms with Gasteiger partial charge in [0.1, 0.15) is 0 Å². The maximum absolute atomic E-state index is 11.5. The second kappa shape index (κ2) is 6.47. The fraction of sp³-hybridized carbons (Fsp3) is 0.833. The van der Waals surface area contributed by atoms with E-state index in [1.807, 2.05) is 0 Å². The lowest BCUT2D eigenvalue weighted by molar-refractivity contribution is -0.142. The van der Waals surface area contributed by atoms with Crippen molar-refractivity contribution in [2.75, 3.05) is 0 Å². The molecule has 0 aromatic carbocycles. The van der Waals surface area contributed by atoms with E-state index in [2.05, 4.69) is 5.32 Å². The topological polar surface area (TPSA) is 75.6 Å². The van der Waals surface area contributed by atoms with E-state index in [9.17, 15) is 9.59 Å². The third-order valence-corrected chi connectivity index (χ3v) is 2.98. The molecule has 0 aliphatic heterocycles. The zero-order chi connectivity index (χ0) is 12.8. The first-order valence-corrected chi connectivity index (χ1v) is 6.20. The Labute approximate surface area is 102 Å². The molecule has 1 saturated carbocycles. The molecule has 1 rings (SSSR count). The third kappa shape index (κ3) is 4.63. The lowest BCUT2D eigenvalue weighted by Gasteiger charge is -2.23. The Morgan fingerprint density at radius 3 is 2.47 bits per heavy atom. The number of nitrogens with one attached hydrogen (secondary N) is 1. The molecule has 1 aliphatic carbocycles. The molecule has 2 N–H and O–H groups in total. The summed E-state index contributed by atoms with van der Waals surface area (Å²) in [4.78, 5) is 22.6. The highest BCUT2D eigenvalue weighted by Crippen LogP contribution is 2.23. The predicted molar refractivity (Wildman–Crippen MR) is 62.8 cm³/mol. The van der Waals surface area contributed by atoms with Crippen molar-refractivity contribution in [2.45, 2.75) is 58.1 Å². The number of carboxylic acids is 1. The maximum Gasteiger partial charge on any atom is 0.407 e. The van der Waals surface area contributed by atoms with Crippen molar-refractivity contribution < 1.29 is 19.4 Å². The lowest BCUT2D eigenvalue weighted by Crippen LogP contribution is -2.43. The highest BCUT2D eigenvalue weighted by Gasteiger charge is 2.31. The number of amides is 1. The Bertz CT molecular complexity index is 278. The van der Waals surface area contributed by atoms with Crippen LogP contribution in [-0.2, 0) is 9.53 Å². The van der Waals surface area contributed by atoms with E-state index in [0.717, 1.165) is 19.3 Å². The zero-order valence-electron chi connectivity index (χ0n) is 10.4. The van der Waals surface area contributed by atoms with Crippen LogP contribution in [0.1, 0.15) is 46.0 Å². The SMILES string of the molecule is CC(C)OC(=O)NC1CCCCCC1C(=O)O. The number of hydrogen-bond acceptors (Lipinski definition) is 3. The van der Waals surface area contributed by atoms with Crippen molar-refractivity contribution in [3.63, 3.8) is 0 Å². The number of carboxylic acid groups (broad SMARTS) is 1. The number of hydrogen-bond donors (Lipinski definition) is 2. The standard InChI is InChI=1S/C12H21NO4/c1-8(2)17-12(16)13-10-7-5-3-4-6-9(10)11(14)15/h8-10H,3-7H2,1-2H3,(H,13,16)(H,14,15). The first kappa shape index (κ1) is 13.8. The predicted octanol–water partition coefficient (Wildman–Crippen LogP) is 2.15. The molecule has 0 spiro atoms. The van der Waals surface area contributed by atoms with Crippen LogP contribution in [0.15, 0.2) is 0 Å². The highest BCUT2D eigenvalue weighted by molar-refractivity contribution is 5.73. The van der Waals surface area contributed by atoms with Crippen LogP contribution in [0.3, 0.4) is 0 Å². The molecule has 0 radical (unpaired) electrons. The number of rotatable bonds is 3. The van der Waals surface area contributed by atoms with Gasteiger partial charge in [0.05, 0.1) is 12.0 Å². The Morgan fingerprint density at radius 1 is 1.24 bits per heavy atom. The molecular weight excluding hydrogens is 222 g/mol. The van der Waals surface area contributed by atoms with Crippen LogP contribution in [-0.4, -0.2) is 29.3 Å². The fourth-order valence-corrected chi connectivity index (χ4v) is 2.18. The minimum atomic E-state index is -0.832. The Kier molecular flexibility index (Phi) is 5.25. The Morgan fingerprint density at radius 2 is 1.88 bits per heavy atom. The number of aliphatic carboxylic acids is 1. The molecule has 1 fully saturated rings. The van der Waals surface area contributed by atoms with Gasteiger partial charge in [-0.15, -0.1) is 0 Å². The third-order valence-electron chi connectivity index (χ3n) is 2.98. The smallest absolute Gasteiger partial charge is 0.407 e. The van der Waals surface area contributed by atoms with Gasteiger partial charge in [-0.3, -0.25) is 4.79 Å². The molecule has 1 amide bonds. The largest absolute Gasteiger partial charge is 0.481 e. The molecule has 98 valence electrons. The normalized spacial score (nSPS) is 25.1. The summed E-state index contributed by atoms with van der Waals surface area (Å²) in [5.41, 5.74) is 0. The molecule has 0 aromatic rings. The van der Waals surface area contributed by atoms with E-state index in [0.29, 0.717) is 12.8 Å². The zero-order valence-corrected chi connectivity index (χ0v) is 10.4. The Balaban J connectivity index is 2.57. The first-order valence-electron chi connectivity index (χ1n) is 6.20. The molecule has 2 atom stereocenters. The summed E-state index contributed by atoms with van der Waals surface area (Å²) < 4.78 is 4.98. The van der Waals surface area contributed by atoms with Crippen molar-refractivity contribution in [3.05, 3.63) is 0 Å². The van der Waals surface area contributed by atoms with E-state index in [1.165, 1.54) is 0 Å². The van der Waals surface area contributed by atoms with Gasteiger partial charge in [-0.2, -0.15) is 0 Å². The van der Waals surface area contributed by atoms with Crippen LogP contribution in [0.25, 0.3) is 0 Å². The van der Waals surface area contributed by atoms with Crippen LogP contribution in [0, 0.1) is 5.92 Å². The minimum Gasteiger partial charge on any atom is -0.481 e.